The summed E-state index contributed by atoms with van der Waals surface area (Å²) < 4.78 is 25.3. The predicted molar refractivity (Wildman–Crippen MR) is 84.8 cm³/mol. The molecule has 0 amide bonds. The molecule has 22 heavy (non-hydrogen) atoms. The van der Waals surface area contributed by atoms with E-state index in [0.29, 0.717) is 13.0 Å². The van der Waals surface area contributed by atoms with Gasteiger partial charge in [0.2, 0.25) is 0 Å². The third-order valence-corrected chi connectivity index (χ3v) is 4.75. The zero-order valence-electron chi connectivity index (χ0n) is 12.8. The smallest absolute Gasteiger partial charge is 0.321 e. The van der Waals surface area contributed by atoms with Crippen LogP contribution in [0.4, 0.5) is 0 Å². The monoisotopic (exact) mass is 324 g/mol. The predicted octanol–water partition coefficient (Wildman–Crippen LogP) is 1.19. The van der Waals surface area contributed by atoms with E-state index in [-0.39, 0.29) is 4.90 Å². The average Bonchev–Trinajstić information content (AvgIpc) is 2.73. The van der Waals surface area contributed by atoms with Gasteiger partial charge in [0.1, 0.15) is 6.04 Å². The first-order valence-electron chi connectivity index (χ1n) is 6.98. The molecule has 0 spiro atoms. The normalized spacial score (nSPS) is 13.4. The third kappa shape index (κ3) is 3.31. The Labute approximate surface area is 129 Å². The zero-order valence-corrected chi connectivity index (χ0v) is 13.6. The standard InChI is InChI=1S/C15H20N2O4S/c1-4-16-13(15(18)19)7-10-9-17(2)14-6-5-11(8-12(10)14)22(3,20)21/h5-6,8-9,13,16H,4,7H2,1-3H3,(H,18,19). The van der Waals surface area contributed by atoms with Crippen LogP contribution < -0.4 is 5.32 Å². The molecule has 7 heteroatoms. The van der Waals surface area contributed by atoms with Gasteiger partial charge in [0.25, 0.3) is 0 Å². The molecule has 0 saturated carbocycles. The number of carboxylic acid groups (broad SMARTS) is 1. The number of nitrogens with one attached hydrogen (secondary N) is 1. The Bertz CT molecular complexity index is 808. The summed E-state index contributed by atoms with van der Waals surface area (Å²) in [6, 6.07) is 4.24. The molecule has 0 radical (unpaired) electrons. The summed E-state index contributed by atoms with van der Waals surface area (Å²) in [6.45, 7) is 2.40. The summed E-state index contributed by atoms with van der Waals surface area (Å²) >= 11 is 0. The van der Waals surface area contributed by atoms with Crippen LogP contribution >= 0.6 is 0 Å². The average molecular weight is 324 g/mol. The van der Waals surface area contributed by atoms with Crippen molar-refractivity contribution in [3.8, 4) is 0 Å². The number of benzene rings is 1. The van der Waals surface area contributed by atoms with Crippen molar-refractivity contribution in [2.75, 3.05) is 12.8 Å². The van der Waals surface area contributed by atoms with Gasteiger partial charge in [-0.1, -0.05) is 6.92 Å². The second-order valence-corrected chi connectivity index (χ2v) is 7.38. The van der Waals surface area contributed by atoms with Gasteiger partial charge >= 0.3 is 5.97 Å². The molecule has 1 unspecified atom stereocenters. The lowest BCUT2D eigenvalue weighted by Crippen LogP contribution is -2.38. The minimum Gasteiger partial charge on any atom is -0.480 e. The van der Waals surface area contributed by atoms with Gasteiger partial charge in [-0.05, 0) is 30.3 Å². The van der Waals surface area contributed by atoms with Gasteiger partial charge in [-0.15, -0.1) is 0 Å². The van der Waals surface area contributed by atoms with Crippen LogP contribution in [0.15, 0.2) is 29.3 Å². The quantitative estimate of drug-likeness (QED) is 0.833. The lowest BCUT2D eigenvalue weighted by atomic mass is 10.1. The van der Waals surface area contributed by atoms with Crippen LogP contribution in [0.3, 0.4) is 0 Å². The van der Waals surface area contributed by atoms with E-state index in [9.17, 15) is 18.3 Å². The fourth-order valence-corrected chi connectivity index (χ4v) is 3.21. The van der Waals surface area contributed by atoms with Crippen LogP contribution in [0.1, 0.15) is 12.5 Å². The Morgan fingerprint density at radius 3 is 2.64 bits per heavy atom. The Morgan fingerprint density at radius 1 is 1.41 bits per heavy atom. The second kappa shape index (κ2) is 6.10. The number of carbonyl (C=O) groups is 1. The maximum atomic E-state index is 11.7. The molecule has 0 bridgehead atoms. The lowest BCUT2D eigenvalue weighted by Gasteiger charge is -2.12. The van der Waals surface area contributed by atoms with Crippen molar-refractivity contribution < 1.29 is 18.3 Å². The van der Waals surface area contributed by atoms with Crippen molar-refractivity contribution >= 4 is 26.7 Å². The second-order valence-electron chi connectivity index (χ2n) is 5.37. The van der Waals surface area contributed by atoms with E-state index in [0.717, 1.165) is 22.7 Å². The summed E-state index contributed by atoms with van der Waals surface area (Å²) in [6.07, 6.45) is 3.31. The van der Waals surface area contributed by atoms with Gasteiger partial charge < -0.3 is 15.0 Å². The molecular formula is C15H20N2O4S. The number of fused-ring (bicyclic) bond motifs is 1. The van der Waals surface area contributed by atoms with E-state index in [1.807, 2.05) is 24.7 Å². The number of rotatable bonds is 6. The minimum absolute atomic E-state index is 0.239. The third-order valence-electron chi connectivity index (χ3n) is 3.64. The van der Waals surface area contributed by atoms with Gasteiger partial charge in [-0.3, -0.25) is 4.79 Å². The Kier molecular flexibility index (Phi) is 4.58. The first kappa shape index (κ1) is 16.5. The van der Waals surface area contributed by atoms with Crippen molar-refractivity contribution in [2.24, 2.45) is 7.05 Å². The van der Waals surface area contributed by atoms with Crippen LogP contribution in [-0.4, -0.2) is 42.9 Å². The molecule has 6 nitrogen and oxygen atoms in total. The Balaban J connectivity index is 2.51. The maximum absolute atomic E-state index is 11.7. The number of aryl methyl sites for hydroxylation is 1. The topological polar surface area (TPSA) is 88.4 Å². The number of hydrogen-bond acceptors (Lipinski definition) is 4. The Hall–Kier alpha value is -1.86. The Morgan fingerprint density at radius 2 is 2.09 bits per heavy atom. The van der Waals surface area contributed by atoms with Gasteiger partial charge in [-0.25, -0.2) is 8.42 Å². The molecule has 0 aliphatic heterocycles. The van der Waals surface area contributed by atoms with Crippen LogP contribution in [0.2, 0.25) is 0 Å². The van der Waals surface area contributed by atoms with Gasteiger partial charge in [0.05, 0.1) is 4.90 Å². The molecule has 2 N–H and O–H groups in total. The van der Waals surface area contributed by atoms with E-state index in [1.54, 1.807) is 18.2 Å². The zero-order chi connectivity index (χ0) is 16.5. The number of aliphatic carboxylic acids is 1. The van der Waals surface area contributed by atoms with E-state index in [4.69, 9.17) is 0 Å². The molecule has 0 aliphatic rings. The van der Waals surface area contributed by atoms with Crippen molar-refractivity contribution in [3.05, 3.63) is 30.0 Å². The first-order valence-corrected chi connectivity index (χ1v) is 8.87. The molecule has 0 fully saturated rings. The van der Waals surface area contributed by atoms with Crippen LogP contribution in [-0.2, 0) is 28.1 Å². The van der Waals surface area contributed by atoms with Crippen molar-refractivity contribution in [3.63, 3.8) is 0 Å². The molecular weight excluding hydrogens is 304 g/mol. The van der Waals surface area contributed by atoms with Crippen molar-refractivity contribution in [1.82, 2.24) is 9.88 Å². The van der Waals surface area contributed by atoms with Crippen molar-refractivity contribution in [2.45, 2.75) is 24.3 Å². The summed E-state index contributed by atoms with van der Waals surface area (Å²) in [7, 11) is -1.44. The first-order chi connectivity index (χ1) is 10.2. The number of likely N-dealkylation sites (N-methyl/N-ethyl adjacent to an activating group) is 1. The maximum Gasteiger partial charge on any atom is 0.321 e. The van der Waals surface area contributed by atoms with Crippen LogP contribution in [0.25, 0.3) is 10.9 Å². The number of carboxylic acids is 1. The molecule has 1 heterocycles. The summed E-state index contributed by atoms with van der Waals surface area (Å²) in [5, 5.41) is 13.0. The summed E-state index contributed by atoms with van der Waals surface area (Å²) in [5.74, 6) is -0.918. The molecule has 2 aromatic rings. The molecule has 1 aromatic heterocycles. The fourth-order valence-electron chi connectivity index (χ4n) is 2.56. The molecule has 1 atom stereocenters. The summed E-state index contributed by atoms with van der Waals surface area (Å²) in [4.78, 5) is 11.5. The van der Waals surface area contributed by atoms with E-state index in [2.05, 4.69) is 5.32 Å². The summed E-state index contributed by atoms with van der Waals surface area (Å²) in [5.41, 5.74) is 1.69. The SMILES string of the molecule is CCNC(Cc1cn(C)c2ccc(S(C)(=O)=O)cc12)C(=O)O. The van der Waals surface area contributed by atoms with Gasteiger partial charge in [0.15, 0.2) is 9.84 Å². The molecule has 2 rings (SSSR count). The molecule has 0 saturated heterocycles. The highest BCUT2D eigenvalue weighted by molar-refractivity contribution is 7.90. The van der Waals surface area contributed by atoms with E-state index < -0.39 is 21.8 Å². The number of aromatic nitrogens is 1. The van der Waals surface area contributed by atoms with E-state index >= 15 is 0 Å². The van der Waals surface area contributed by atoms with Gasteiger partial charge in [-0.2, -0.15) is 0 Å². The minimum atomic E-state index is -3.30. The highest BCUT2D eigenvalue weighted by atomic mass is 32.2. The molecule has 1 aromatic carbocycles. The lowest BCUT2D eigenvalue weighted by molar-refractivity contribution is -0.139. The fraction of sp³-hybridized carbons (Fsp3) is 0.400. The number of nitrogens with zero attached hydrogens (tertiary/aromatic N) is 1. The molecule has 120 valence electrons. The van der Waals surface area contributed by atoms with Crippen LogP contribution in [0.5, 0.6) is 0 Å². The number of sulfone groups is 1. The van der Waals surface area contributed by atoms with Crippen LogP contribution in [0, 0.1) is 0 Å². The highest BCUT2D eigenvalue weighted by Gasteiger charge is 2.20. The highest BCUT2D eigenvalue weighted by Crippen LogP contribution is 2.25. The molecule has 0 aliphatic carbocycles. The largest absolute Gasteiger partial charge is 0.480 e. The van der Waals surface area contributed by atoms with Crippen molar-refractivity contribution in [1.29, 1.82) is 0 Å². The van der Waals surface area contributed by atoms with E-state index in [1.165, 1.54) is 0 Å². The number of hydrogen-bond donors (Lipinski definition) is 2. The van der Waals surface area contributed by atoms with Gasteiger partial charge in [0, 0.05) is 36.8 Å².